The molecule has 1 aromatic rings. The zero-order chi connectivity index (χ0) is 20.0. The second-order valence-corrected chi connectivity index (χ2v) is 8.26. The second-order valence-electron chi connectivity index (χ2n) is 8.26. The van der Waals surface area contributed by atoms with Crippen LogP contribution in [0.2, 0.25) is 0 Å². The lowest BCUT2D eigenvalue weighted by atomic mass is 9.98. The Bertz CT molecular complexity index is 864. The van der Waals surface area contributed by atoms with E-state index in [1.54, 1.807) is 4.90 Å². The highest BCUT2D eigenvalue weighted by molar-refractivity contribution is 6.09. The van der Waals surface area contributed by atoms with Crippen molar-refractivity contribution in [1.82, 2.24) is 15.1 Å². The highest BCUT2D eigenvalue weighted by Gasteiger charge is 2.53. The van der Waals surface area contributed by atoms with Crippen molar-refractivity contribution in [2.45, 2.75) is 50.1 Å². The molecule has 1 saturated carbocycles. The lowest BCUT2D eigenvalue weighted by Gasteiger charge is -2.28. The first-order valence-electron chi connectivity index (χ1n) is 10.4. The number of carbonyl (C=O) groups is 3. The Morgan fingerprint density at radius 2 is 1.86 bits per heavy atom. The zero-order valence-corrected chi connectivity index (χ0v) is 16.3. The quantitative estimate of drug-likeness (QED) is 0.786. The average Bonchev–Trinajstić information content (AvgIpc) is 3.45. The Balaban J connectivity index is 1.32. The maximum absolute atomic E-state index is 13.1. The third-order valence-electron chi connectivity index (χ3n) is 6.52. The molecule has 3 fully saturated rings. The number of benzene rings is 1. The van der Waals surface area contributed by atoms with Gasteiger partial charge in [0.15, 0.2) is 11.5 Å². The van der Waals surface area contributed by atoms with Gasteiger partial charge in [-0.15, -0.1) is 0 Å². The highest BCUT2D eigenvalue weighted by Crippen LogP contribution is 2.39. The standard InChI is InChI=1S/C21H25N3O5/c25-18(13-24-19(26)21(22-20(24)27)7-1-2-8-21)23-9-3-4-15(23)14-5-6-16-17(12-14)29-11-10-28-16/h5-6,12,15H,1-4,7-11,13H2,(H,22,27). The van der Waals surface area contributed by atoms with Gasteiger partial charge in [-0.25, -0.2) is 4.79 Å². The molecule has 5 rings (SSSR count). The largest absolute Gasteiger partial charge is 0.486 e. The van der Waals surface area contributed by atoms with Crippen molar-refractivity contribution in [3.8, 4) is 11.5 Å². The Morgan fingerprint density at radius 1 is 1.10 bits per heavy atom. The fourth-order valence-corrected chi connectivity index (χ4v) is 5.04. The predicted molar refractivity (Wildman–Crippen MR) is 103 cm³/mol. The van der Waals surface area contributed by atoms with Gasteiger partial charge in [0.05, 0.1) is 6.04 Å². The number of hydrogen-bond acceptors (Lipinski definition) is 5. The summed E-state index contributed by atoms with van der Waals surface area (Å²) >= 11 is 0. The number of rotatable bonds is 3. The molecule has 154 valence electrons. The summed E-state index contributed by atoms with van der Waals surface area (Å²) in [6, 6.07) is 5.25. The van der Waals surface area contributed by atoms with Crippen molar-refractivity contribution < 1.29 is 23.9 Å². The Labute approximate surface area is 169 Å². The monoisotopic (exact) mass is 399 g/mol. The van der Waals surface area contributed by atoms with E-state index in [1.165, 1.54) is 0 Å². The van der Waals surface area contributed by atoms with Crippen molar-refractivity contribution in [3.63, 3.8) is 0 Å². The molecule has 8 heteroatoms. The van der Waals surface area contributed by atoms with Crippen LogP contribution >= 0.6 is 0 Å². The molecule has 0 radical (unpaired) electrons. The van der Waals surface area contributed by atoms with Gasteiger partial charge in [-0.2, -0.15) is 0 Å². The fourth-order valence-electron chi connectivity index (χ4n) is 5.04. The summed E-state index contributed by atoms with van der Waals surface area (Å²) in [5.74, 6) is 0.978. The molecule has 8 nitrogen and oxygen atoms in total. The van der Waals surface area contributed by atoms with Crippen LogP contribution in [0.5, 0.6) is 11.5 Å². The molecule has 2 saturated heterocycles. The molecule has 1 unspecified atom stereocenters. The van der Waals surface area contributed by atoms with Gasteiger partial charge in [-0.3, -0.25) is 14.5 Å². The van der Waals surface area contributed by atoms with Gasteiger partial charge in [-0.05, 0) is 43.4 Å². The number of ether oxygens (including phenoxy) is 2. The summed E-state index contributed by atoms with van der Waals surface area (Å²) in [7, 11) is 0. The molecular formula is C21H25N3O5. The van der Waals surface area contributed by atoms with E-state index in [4.69, 9.17) is 9.47 Å². The molecule has 1 atom stereocenters. The van der Waals surface area contributed by atoms with E-state index in [0.717, 1.165) is 41.9 Å². The minimum Gasteiger partial charge on any atom is -0.486 e. The average molecular weight is 399 g/mol. The van der Waals surface area contributed by atoms with Crippen molar-refractivity contribution in [2.75, 3.05) is 26.3 Å². The van der Waals surface area contributed by atoms with Crippen LogP contribution in [0.25, 0.3) is 0 Å². The molecule has 4 amide bonds. The number of nitrogens with zero attached hydrogens (tertiary/aromatic N) is 2. The zero-order valence-electron chi connectivity index (χ0n) is 16.3. The van der Waals surface area contributed by atoms with Gasteiger partial charge in [0.25, 0.3) is 5.91 Å². The van der Waals surface area contributed by atoms with E-state index < -0.39 is 11.6 Å². The molecule has 1 aromatic carbocycles. The summed E-state index contributed by atoms with van der Waals surface area (Å²) in [6.45, 7) is 1.46. The molecule has 29 heavy (non-hydrogen) atoms. The maximum atomic E-state index is 13.1. The van der Waals surface area contributed by atoms with Crippen LogP contribution in [0.4, 0.5) is 4.79 Å². The molecule has 1 aliphatic carbocycles. The van der Waals surface area contributed by atoms with Crippen LogP contribution in [-0.4, -0.2) is 59.5 Å². The predicted octanol–water partition coefficient (Wildman–Crippen LogP) is 1.99. The van der Waals surface area contributed by atoms with E-state index in [1.807, 2.05) is 18.2 Å². The number of imide groups is 1. The smallest absolute Gasteiger partial charge is 0.325 e. The van der Waals surface area contributed by atoms with Crippen LogP contribution in [0.15, 0.2) is 18.2 Å². The molecule has 0 aromatic heterocycles. The summed E-state index contributed by atoms with van der Waals surface area (Å²) in [5, 5.41) is 2.84. The fraction of sp³-hybridized carbons (Fsp3) is 0.571. The molecule has 3 heterocycles. The third-order valence-corrected chi connectivity index (χ3v) is 6.52. The number of carbonyl (C=O) groups excluding carboxylic acids is 3. The third kappa shape index (κ3) is 3.01. The second kappa shape index (κ2) is 6.93. The van der Waals surface area contributed by atoms with E-state index in [2.05, 4.69) is 5.32 Å². The van der Waals surface area contributed by atoms with Gasteiger partial charge >= 0.3 is 6.03 Å². The first kappa shape index (κ1) is 18.3. The Morgan fingerprint density at radius 3 is 2.66 bits per heavy atom. The normalized spacial score (nSPS) is 25.0. The minimum atomic E-state index is -0.780. The van der Waals surface area contributed by atoms with Crippen LogP contribution in [0.3, 0.4) is 0 Å². The molecule has 3 aliphatic heterocycles. The number of urea groups is 1. The Kier molecular flexibility index (Phi) is 4.37. The van der Waals surface area contributed by atoms with Gasteiger partial charge in [0, 0.05) is 6.54 Å². The van der Waals surface area contributed by atoms with Crippen LogP contribution in [0, 0.1) is 0 Å². The SMILES string of the molecule is O=C1NC2(CCCC2)C(=O)N1CC(=O)N1CCCC1c1ccc2c(c1)OCCO2. The number of nitrogens with one attached hydrogen (secondary N) is 1. The Hall–Kier alpha value is -2.77. The highest BCUT2D eigenvalue weighted by atomic mass is 16.6. The van der Waals surface area contributed by atoms with Gasteiger partial charge in [0.2, 0.25) is 5.91 Å². The maximum Gasteiger partial charge on any atom is 0.325 e. The molecule has 0 bridgehead atoms. The van der Waals surface area contributed by atoms with E-state index >= 15 is 0 Å². The molecule has 1 N–H and O–H groups in total. The van der Waals surface area contributed by atoms with E-state index in [-0.39, 0.29) is 24.4 Å². The lowest BCUT2D eigenvalue weighted by Crippen LogP contribution is -2.46. The first-order valence-corrected chi connectivity index (χ1v) is 10.4. The number of hydrogen-bond donors (Lipinski definition) is 1. The van der Waals surface area contributed by atoms with Crippen molar-refractivity contribution >= 4 is 17.8 Å². The van der Waals surface area contributed by atoms with Crippen molar-refractivity contribution in [1.29, 1.82) is 0 Å². The molecular weight excluding hydrogens is 374 g/mol. The van der Waals surface area contributed by atoms with E-state index in [9.17, 15) is 14.4 Å². The summed E-state index contributed by atoms with van der Waals surface area (Å²) < 4.78 is 11.3. The number of amides is 4. The summed E-state index contributed by atoms with van der Waals surface area (Å²) in [6.07, 6.45) is 4.89. The van der Waals surface area contributed by atoms with E-state index in [0.29, 0.717) is 38.3 Å². The van der Waals surface area contributed by atoms with Gasteiger partial charge < -0.3 is 19.7 Å². The minimum absolute atomic E-state index is 0.0838. The number of likely N-dealkylation sites (tertiary alicyclic amines) is 1. The summed E-state index contributed by atoms with van der Waals surface area (Å²) in [4.78, 5) is 41.2. The van der Waals surface area contributed by atoms with Crippen LogP contribution < -0.4 is 14.8 Å². The molecule has 4 aliphatic rings. The summed E-state index contributed by atoms with van der Waals surface area (Å²) in [5.41, 5.74) is 0.210. The van der Waals surface area contributed by atoms with Gasteiger partial charge in [0.1, 0.15) is 25.3 Å². The van der Waals surface area contributed by atoms with Crippen LogP contribution in [-0.2, 0) is 9.59 Å². The van der Waals surface area contributed by atoms with Gasteiger partial charge in [-0.1, -0.05) is 18.9 Å². The molecule has 1 spiro atoms. The first-order chi connectivity index (χ1) is 14.1. The lowest BCUT2D eigenvalue weighted by molar-refractivity contribution is -0.139. The number of fused-ring (bicyclic) bond motifs is 1. The van der Waals surface area contributed by atoms with Crippen molar-refractivity contribution in [2.24, 2.45) is 0 Å². The van der Waals surface area contributed by atoms with Crippen molar-refractivity contribution in [3.05, 3.63) is 23.8 Å². The van der Waals surface area contributed by atoms with Crippen LogP contribution in [0.1, 0.15) is 50.1 Å². The topological polar surface area (TPSA) is 88.2 Å².